The average Bonchev–Trinajstić information content (AvgIpc) is 2.68. The molecule has 0 saturated carbocycles. The number of hydrazone groups is 1. The van der Waals surface area contributed by atoms with Gasteiger partial charge in [-0.05, 0) is 11.6 Å². The Morgan fingerprint density at radius 3 is 3.06 bits per heavy atom. The van der Waals surface area contributed by atoms with Gasteiger partial charge < -0.3 is 4.90 Å². The zero-order valence-corrected chi connectivity index (χ0v) is 8.65. The van der Waals surface area contributed by atoms with E-state index < -0.39 is 11.0 Å². The number of halogens is 1. The van der Waals surface area contributed by atoms with E-state index in [4.69, 9.17) is 0 Å². The SMILES string of the molecule is O=[N+]([O-])N=C1N=CCN1Cc1ccc(F)nc1. The molecule has 1 aromatic heterocycles. The molecule has 0 amide bonds. The Labute approximate surface area is 95.4 Å². The Kier molecular flexibility index (Phi) is 3.03. The number of hydrogen-bond donors (Lipinski definition) is 0. The zero-order chi connectivity index (χ0) is 12.3. The average molecular weight is 237 g/mol. The number of rotatable bonds is 3. The van der Waals surface area contributed by atoms with Gasteiger partial charge in [0.05, 0.1) is 6.54 Å². The van der Waals surface area contributed by atoms with Crippen molar-refractivity contribution in [2.75, 3.05) is 6.54 Å². The molecule has 0 spiro atoms. The molecule has 0 aromatic carbocycles. The van der Waals surface area contributed by atoms with Crippen molar-refractivity contribution in [1.29, 1.82) is 0 Å². The smallest absolute Gasteiger partial charge is 0.297 e. The van der Waals surface area contributed by atoms with Crippen molar-refractivity contribution in [2.45, 2.75) is 6.54 Å². The zero-order valence-electron chi connectivity index (χ0n) is 8.65. The lowest BCUT2D eigenvalue weighted by Gasteiger charge is -2.14. The van der Waals surface area contributed by atoms with Gasteiger partial charge in [0.15, 0.2) is 5.03 Å². The van der Waals surface area contributed by atoms with Crippen LogP contribution in [0, 0.1) is 16.1 Å². The molecule has 0 bridgehead atoms. The van der Waals surface area contributed by atoms with Gasteiger partial charge in [0.1, 0.15) is 5.10 Å². The van der Waals surface area contributed by atoms with Gasteiger partial charge in [0, 0.05) is 19.0 Å². The van der Waals surface area contributed by atoms with Crippen LogP contribution in [-0.4, -0.2) is 33.6 Å². The quantitative estimate of drug-likeness (QED) is 0.439. The van der Waals surface area contributed by atoms with Crippen LogP contribution in [0.5, 0.6) is 0 Å². The monoisotopic (exact) mass is 237 g/mol. The molecule has 2 rings (SSSR count). The highest BCUT2D eigenvalue weighted by atomic mass is 19.1. The Balaban J connectivity index is 2.09. The maximum absolute atomic E-state index is 12.6. The first-order chi connectivity index (χ1) is 8.15. The standard InChI is InChI=1S/C9H8FN5O2/c10-8-2-1-7(5-12-8)6-14-4-3-11-9(14)13-15(16)17/h1-3,5H,4,6H2. The van der Waals surface area contributed by atoms with E-state index in [1.54, 1.807) is 11.0 Å². The highest BCUT2D eigenvalue weighted by Gasteiger charge is 2.18. The molecule has 0 unspecified atom stereocenters. The minimum Gasteiger partial charge on any atom is -0.326 e. The second-order valence-electron chi connectivity index (χ2n) is 3.32. The van der Waals surface area contributed by atoms with Gasteiger partial charge in [-0.3, -0.25) is 0 Å². The van der Waals surface area contributed by atoms with Gasteiger partial charge in [-0.2, -0.15) is 4.39 Å². The van der Waals surface area contributed by atoms with Gasteiger partial charge in [0.2, 0.25) is 5.95 Å². The molecule has 0 N–H and O–H groups in total. The summed E-state index contributed by atoms with van der Waals surface area (Å²) in [6, 6.07) is 2.79. The van der Waals surface area contributed by atoms with Crippen LogP contribution < -0.4 is 0 Å². The maximum atomic E-state index is 12.6. The number of aliphatic imine (C=N–C) groups is 1. The van der Waals surface area contributed by atoms with Crippen molar-refractivity contribution >= 4 is 12.2 Å². The topological polar surface area (TPSA) is 84.0 Å². The van der Waals surface area contributed by atoms with Crippen LogP contribution in [0.2, 0.25) is 0 Å². The van der Waals surface area contributed by atoms with E-state index in [-0.39, 0.29) is 5.96 Å². The Morgan fingerprint density at radius 2 is 2.41 bits per heavy atom. The van der Waals surface area contributed by atoms with E-state index in [9.17, 15) is 14.5 Å². The fourth-order valence-electron chi connectivity index (χ4n) is 1.40. The predicted octanol–water partition coefficient (Wildman–Crippen LogP) is 0.655. The third-order valence-electron chi connectivity index (χ3n) is 2.12. The van der Waals surface area contributed by atoms with E-state index in [0.717, 1.165) is 5.56 Å². The number of aromatic nitrogens is 1. The summed E-state index contributed by atoms with van der Waals surface area (Å²) >= 11 is 0. The van der Waals surface area contributed by atoms with Crippen molar-refractivity contribution in [2.24, 2.45) is 10.1 Å². The first-order valence-corrected chi connectivity index (χ1v) is 4.76. The van der Waals surface area contributed by atoms with Crippen molar-refractivity contribution in [3.8, 4) is 0 Å². The molecule has 0 fully saturated rings. The van der Waals surface area contributed by atoms with Crippen LogP contribution >= 0.6 is 0 Å². The van der Waals surface area contributed by atoms with Gasteiger partial charge >= 0.3 is 0 Å². The summed E-state index contributed by atoms with van der Waals surface area (Å²) in [7, 11) is 0. The van der Waals surface area contributed by atoms with Crippen molar-refractivity contribution < 1.29 is 9.42 Å². The summed E-state index contributed by atoms with van der Waals surface area (Å²) in [5.41, 5.74) is 0.730. The number of pyridine rings is 1. The van der Waals surface area contributed by atoms with Crippen molar-refractivity contribution in [3.63, 3.8) is 0 Å². The van der Waals surface area contributed by atoms with Gasteiger partial charge in [0.25, 0.3) is 5.96 Å². The van der Waals surface area contributed by atoms with E-state index in [1.165, 1.54) is 18.5 Å². The molecular formula is C9H8FN5O2. The molecular weight excluding hydrogens is 229 g/mol. The van der Waals surface area contributed by atoms with Crippen molar-refractivity contribution in [3.05, 3.63) is 40.0 Å². The summed E-state index contributed by atoms with van der Waals surface area (Å²) in [4.78, 5) is 19.1. The Hall–Kier alpha value is -2.38. The number of nitrogens with zero attached hydrogens (tertiary/aromatic N) is 5. The van der Waals surface area contributed by atoms with Crippen LogP contribution in [0.4, 0.5) is 4.39 Å². The molecule has 8 heteroatoms. The molecule has 0 atom stereocenters. The molecule has 0 radical (unpaired) electrons. The van der Waals surface area contributed by atoms with E-state index in [0.29, 0.717) is 13.1 Å². The van der Waals surface area contributed by atoms with E-state index in [1.807, 2.05) is 0 Å². The lowest BCUT2D eigenvalue weighted by Crippen LogP contribution is -2.26. The van der Waals surface area contributed by atoms with Crippen molar-refractivity contribution in [1.82, 2.24) is 9.88 Å². The number of hydrogen-bond acceptors (Lipinski definition) is 3. The second kappa shape index (κ2) is 4.64. The van der Waals surface area contributed by atoms with Gasteiger partial charge in [-0.15, -0.1) is 0 Å². The summed E-state index contributed by atoms with van der Waals surface area (Å²) in [5.74, 6) is -0.523. The normalized spacial score (nSPS) is 16.8. The molecule has 0 aliphatic carbocycles. The molecule has 2 heterocycles. The number of guanidine groups is 1. The maximum Gasteiger partial charge on any atom is 0.297 e. The highest BCUT2D eigenvalue weighted by molar-refractivity contribution is 5.93. The predicted molar refractivity (Wildman–Crippen MR) is 57.5 cm³/mol. The molecule has 0 saturated heterocycles. The fraction of sp³-hybridized carbons (Fsp3) is 0.222. The van der Waals surface area contributed by atoms with E-state index >= 15 is 0 Å². The lowest BCUT2D eigenvalue weighted by atomic mass is 10.3. The second-order valence-corrected chi connectivity index (χ2v) is 3.32. The van der Waals surface area contributed by atoms with Crippen LogP contribution in [0.25, 0.3) is 0 Å². The lowest BCUT2D eigenvalue weighted by molar-refractivity contribution is -0.485. The molecule has 1 aliphatic heterocycles. The molecule has 7 nitrogen and oxygen atoms in total. The van der Waals surface area contributed by atoms with Crippen LogP contribution in [0.3, 0.4) is 0 Å². The minimum absolute atomic E-state index is 0.0410. The largest absolute Gasteiger partial charge is 0.326 e. The van der Waals surface area contributed by atoms with Crippen LogP contribution in [-0.2, 0) is 6.54 Å². The molecule has 1 aliphatic rings. The minimum atomic E-state index is -0.798. The molecule has 1 aromatic rings. The molecule has 17 heavy (non-hydrogen) atoms. The molecule has 88 valence electrons. The third-order valence-corrected chi connectivity index (χ3v) is 2.12. The Morgan fingerprint density at radius 1 is 1.59 bits per heavy atom. The van der Waals surface area contributed by atoms with E-state index in [2.05, 4.69) is 15.1 Å². The van der Waals surface area contributed by atoms with Crippen LogP contribution in [0.15, 0.2) is 28.4 Å². The third kappa shape index (κ3) is 2.80. The van der Waals surface area contributed by atoms with Gasteiger partial charge in [-0.1, -0.05) is 6.07 Å². The fourth-order valence-corrected chi connectivity index (χ4v) is 1.40. The van der Waals surface area contributed by atoms with Gasteiger partial charge in [-0.25, -0.2) is 20.1 Å². The highest BCUT2D eigenvalue weighted by Crippen LogP contribution is 2.08. The summed E-state index contributed by atoms with van der Waals surface area (Å²) in [6.45, 7) is 0.782. The first-order valence-electron chi connectivity index (χ1n) is 4.76. The summed E-state index contributed by atoms with van der Waals surface area (Å²) in [5, 5.41) is 12.6. The first kappa shape index (κ1) is 11.1. The van der Waals surface area contributed by atoms with Crippen LogP contribution in [0.1, 0.15) is 5.56 Å². The summed E-state index contributed by atoms with van der Waals surface area (Å²) in [6.07, 6.45) is 2.90. The Bertz CT molecular complexity index is 485. The number of nitro groups is 1. The summed E-state index contributed by atoms with van der Waals surface area (Å²) < 4.78 is 12.6.